The minimum absolute atomic E-state index is 0.0340. The maximum absolute atomic E-state index is 11.2. The van der Waals surface area contributed by atoms with Crippen molar-refractivity contribution in [1.82, 2.24) is 5.32 Å². The van der Waals surface area contributed by atoms with Crippen molar-refractivity contribution in [3.63, 3.8) is 0 Å². The van der Waals surface area contributed by atoms with E-state index >= 15 is 0 Å². The van der Waals surface area contributed by atoms with Gasteiger partial charge in [0, 0.05) is 0 Å². The highest BCUT2D eigenvalue weighted by atomic mass is 32.3. The van der Waals surface area contributed by atoms with Crippen molar-refractivity contribution in [3.05, 3.63) is 23.8 Å². The molecule has 1 aliphatic heterocycles. The number of carboxylic acid groups (broad SMARTS) is 1. The number of nitrogens with two attached hydrogens (primary N) is 1. The number of nitrogens with zero attached hydrogens (tertiary/aromatic N) is 1. The maximum Gasteiger partial charge on any atom is 0.405 e. The first-order valence-electron chi connectivity index (χ1n) is 7.99. The Morgan fingerprint density at radius 1 is 1.36 bits per heavy atom. The standard InChI is InChI=1S/C15H22N4O5S/c16-13-12-10(18-25(22,23)19-13)5-4-6-11(12)24-9-15(17-14(20)21)7-2-1-3-8-15/h4-6,17-18,22-23H,1-3,7-9H2,(H2,16,19)(H,20,21). The molecule has 1 aromatic carbocycles. The van der Waals surface area contributed by atoms with Gasteiger partial charge in [0.25, 0.3) is 0 Å². The summed E-state index contributed by atoms with van der Waals surface area (Å²) in [5.41, 5.74) is 6.08. The Balaban J connectivity index is 1.83. The number of benzene rings is 1. The van der Waals surface area contributed by atoms with E-state index in [0.717, 1.165) is 19.3 Å². The molecule has 1 amide bonds. The van der Waals surface area contributed by atoms with Gasteiger partial charge in [0.2, 0.25) is 0 Å². The van der Waals surface area contributed by atoms with Crippen LogP contribution in [0.15, 0.2) is 22.6 Å². The molecule has 7 N–H and O–H groups in total. The number of anilines is 1. The predicted octanol–water partition coefficient (Wildman–Crippen LogP) is 2.75. The number of hydrogen-bond acceptors (Lipinski definition) is 7. The van der Waals surface area contributed by atoms with Gasteiger partial charge in [-0.3, -0.25) is 13.8 Å². The number of carbonyl (C=O) groups is 1. The van der Waals surface area contributed by atoms with Crippen LogP contribution in [-0.4, -0.2) is 38.3 Å². The van der Waals surface area contributed by atoms with E-state index in [1.807, 2.05) is 0 Å². The van der Waals surface area contributed by atoms with E-state index in [0.29, 0.717) is 29.8 Å². The van der Waals surface area contributed by atoms with Crippen LogP contribution in [0.5, 0.6) is 5.75 Å². The zero-order valence-corrected chi connectivity index (χ0v) is 14.4. The molecule has 10 heteroatoms. The molecule has 0 atom stereocenters. The summed E-state index contributed by atoms with van der Waals surface area (Å²) in [5.74, 6) is 0.381. The largest absolute Gasteiger partial charge is 0.490 e. The minimum Gasteiger partial charge on any atom is -0.490 e. The van der Waals surface area contributed by atoms with Crippen LogP contribution in [0, 0.1) is 0 Å². The molecule has 0 unspecified atom stereocenters. The van der Waals surface area contributed by atoms with Crippen LogP contribution in [0.3, 0.4) is 0 Å². The highest BCUT2D eigenvalue weighted by Gasteiger charge is 2.35. The van der Waals surface area contributed by atoms with E-state index < -0.39 is 22.6 Å². The molecule has 3 rings (SSSR count). The van der Waals surface area contributed by atoms with Crippen molar-refractivity contribution < 1.29 is 23.7 Å². The van der Waals surface area contributed by atoms with Gasteiger partial charge >= 0.3 is 6.09 Å². The Labute approximate surface area is 146 Å². The van der Waals surface area contributed by atoms with Crippen LogP contribution < -0.4 is 20.5 Å². The smallest absolute Gasteiger partial charge is 0.405 e. The van der Waals surface area contributed by atoms with E-state index in [1.54, 1.807) is 18.2 Å². The first-order valence-corrected chi connectivity index (χ1v) is 9.49. The lowest BCUT2D eigenvalue weighted by Crippen LogP contribution is -2.53. The molecule has 0 bridgehead atoms. The van der Waals surface area contributed by atoms with Gasteiger partial charge in [0.05, 0.1) is 16.8 Å². The molecule has 25 heavy (non-hydrogen) atoms. The van der Waals surface area contributed by atoms with Crippen LogP contribution in [0.25, 0.3) is 0 Å². The first kappa shape index (κ1) is 17.6. The lowest BCUT2D eigenvalue weighted by molar-refractivity contribution is 0.121. The summed E-state index contributed by atoms with van der Waals surface area (Å²) in [7, 11) is -3.36. The van der Waals surface area contributed by atoms with E-state index in [1.165, 1.54) is 0 Å². The number of hydrogen-bond donors (Lipinski definition) is 6. The SMILES string of the molecule is NC1=NS(O)(O)Nc2cccc(OCC3(NC(=O)O)CCCCC3)c21. The Morgan fingerprint density at radius 2 is 2.08 bits per heavy atom. The molecule has 1 fully saturated rings. The summed E-state index contributed by atoms with van der Waals surface area (Å²) < 4.78 is 31.5. The van der Waals surface area contributed by atoms with Crippen molar-refractivity contribution in [2.45, 2.75) is 37.6 Å². The van der Waals surface area contributed by atoms with E-state index in [2.05, 4.69) is 14.4 Å². The third-order valence-electron chi connectivity index (χ3n) is 4.44. The second-order valence-corrected chi connectivity index (χ2v) is 7.76. The summed E-state index contributed by atoms with van der Waals surface area (Å²) in [5, 5.41) is 11.8. The number of rotatable bonds is 4. The molecular weight excluding hydrogens is 348 g/mol. The average Bonchev–Trinajstić information content (AvgIpc) is 2.51. The minimum atomic E-state index is -3.36. The van der Waals surface area contributed by atoms with E-state index in [-0.39, 0.29) is 12.4 Å². The number of nitrogens with one attached hydrogen (secondary N) is 2. The number of ether oxygens (including phenoxy) is 1. The molecule has 0 saturated heterocycles. The van der Waals surface area contributed by atoms with Crippen molar-refractivity contribution in [3.8, 4) is 5.75 Å². The fourth-order valence-corrected chi connectivity index (χ4v) is 4.21. The maximum atomic E-state index is 11.2. The van der Waals surface area contributed by atoms with Crippen LogP contribution >= 0.6 is 11.0 Å². The van der Waals surface area contributed by atoms with Crippen molar-refractivity contribution in [2.75, 3.05) is 11.3 Å². The highest BCUT2D eigenvalue weighted by molar-refractivity contribution is 8.24. The van der Waals surface area contributed by atoms with Gasteiger partial charge in [-0.15, -0.1) is 4.40 Å². The third-order valence-corrected chi connectivity index (χ3v) is 5.39. The molecule has 0 aromatic heterocycles. The van der Waals surface area contributed by atoms with Gasteiger partial charge in [0.1, 0.15) is 12.4 Å². The zero-order chi connectivity index (χ0) is 18.1. The van der Waals surface area contributed by atoms with Crippen LogP contribution in [-0.2, 0) is 0 Å². The monoisotopic (exact) mass is 370 g/mol. The molecule has 9 nitrogen and oxygen atoms in total. The lowest BCUT2D eigenvalue weighted by Gasteiger charge is -2.37. The summed E-state index contributed by atoms with van der Waals surface area (Å²) in [4.78, 5) is 11.2. The summed E-state index contributed by atoms with van der Waals surface area (Å²) in [6.07, 6.45) is 3.28. The Bertz CT molecular complexity index is 703. The second kappa shape index (κ2) is 6.62. The van der Waals surface area contributed by atoms with Gasteiger partial charge in [-0.1, -0.05) is 25.3 Å². The normalized spacial score (nSPS) is 21.9. The summed E-state index contributed by atoms with van der Waals surface area (Å²) in [6.45, 7) is 0.166. The molecule has 0 spiro atoms. The van der Waals surface area contributed by atoms with Crippen LogP contribution in [0.1, 0.15) is 37.7 Å². The van der Waals surface area contributed by atoms with Crippen molar-refractivity contribution >= 4 is 28.6 Å². The quantitative estimate of drug-likeness (QED) is 0.477. The molecule has 0 radical (unpaired) electrons. The zero-order valence-electron chi connectivity index (χ0n) is 13.6. The average molecular weight is 370 g/mol. The van der Waals surface area contributed by atoms with E-state index in [4.69, 9.17) is 15.6 Å². The molecule has 2 aliphatic rings. The predicted molar refractivity (Wildman–Crippen MR) is 96.1 cm³/mol. The Hall–Kier alpha value is -2.17. The Morgan fingerprint density at radius 3 is 2.76 bits per heavy atom. The van der Waals surface area contributed by atoms with Gasteiger partial charge in [-0.25, -0.2) is 4.79 Å². The molecule has 1 heterocycles. The summed E-state index contributed by atoms with van der Waals surface area (Å²) in [6, 6.07) is 5.02. The second-order valence-electron chi connectivity index (χ2n) is 6.34. The number of amides is 1. The molecule has 1 aromatic rings. The first-order chi connectivity index (χ1) is 11.8. The van der Waals surface area contributed by atoms with Crippen molar-refractivity contribution in [1.29, 1.82) is 0 Å². The molecule has 1 aliphatic carbocycles. The van der Waals surface area contributed by atoms with Crippen LogP contribution in [0.2, 0.25) is 0 Å². The van der Waals surface area contributed by atoms with Gasteiger partial charge in [-0.2, -0.15) is 0 Å². The fraction of sp³-hybridized carbons (Fsp3) is 0.467. The van der Waals surface area contributed by atoms with E-state index in [9.17, 15) is 13.9 Å². The fourth-order valence-electron chi connectivity index (χ4n) is 3.33. The van der Waals surface area contributed by atoms with Gasteiger partial charge < -0.3 is 20.9 Å². The molecular formula is C15H22N4O5S. The van der Waals surface area contributed by atoms with Crippen LogP contribution in [0.4, 0.5) is 10.5 Å². The summed E-state index contributed by atoms with van der Waals surface area (Å²) >= 11 is 0. The lowest BCUT2D eigenvalue weighted by atomic mass is 9.82. The third kappa shape index (κ3) is 3.91. The molecule has 138 valence electrons. The van der Waals surface area contributed by atoms with Gasteiger partial charge in [0.15, 0.2) is 5.84 Å². The van der Waals surface area contributed by atoms with Crippen molar-refractivity contribution in [2.24, 2.45) is 10.1 Å². The Kier molecular flexibility index (Phi) is 4.67. The number of fused-ring (bicyclic) bond motifs is 1. The highest BCUT2D eigenvalue weighted by Crippen LogP contribution is 2.47. The number of amidine groups is 1. The molecule has 1 saturated carbocycles. The van der Waals surface area contributed by atoms with Gasteiger partial charge in [-0.05, 0) is 35.9 Å². The topological polar surface area (TPSA) is 149 Å².